The maximum atomic E-state index is 3.30. The third-order valence-corrected chi connectivity index (χ3v) is 6.46. The van der Waals surface area contributed by atoms with Crippen LogP contribution in [0.4, 0.5) is 0 Å². The van der Waals surface area contributed by atoms with Gasteiger partial charge in [-0.05, 0) is 25.0 Å². The Balaban J connectivity index is 1.63. The van der Waals surface area contributed by atoms with Crippen LogP contribution < -0.4 is 0 Å². The van der Waals surface area contributed by atoms with Crippen molar-refractivity contribution in [1.82, 2.24) is 4.98 Å². The SMILES string of the molecule is CCCCCCCCCCCCCCCCCCCCCCCCc1ccc[nH]1. The summed E-state index contributed by atoms with van der Waals surface area (Å²) in [5, 5.41) is 0. The minimum atomic E-state index is 1.23. The molecule has 1 aromatic rings. The van der Waals surface area contributed by atoms with E-state index in [1.807, 2.05) is 6.20 Å². The third kappa shape index (κ3) is 19.0. The molecule has 0 aliphatic rings. The van der Waals surface area contributed by atoms with Crippen LogP contribution in [-0.2, 0) is 6.42 Å². The number of hydrogen-bond acceptors (Lipinski definition) is 0. The molecule has 0 unspecified atom stereocenters. The van der Waals surface area contributed by atoms with Crippen LogP contribution in [0, 0.1) is 0 Å². The summed E-state index contributed by atoms with van der Waals surface area (Å²) < 4.78 is 0. The van der Waals surface area contributed by atoms with Crippen molar-refractivity contribution in [2.45, 2.75) is 155 Å². The number of aromatic nitrogens is 1. The summed E-state index contributed by atoms with van der Waals surface area (Å²) in [6, 6.07) is 4.31. The maximum Gasteiger partial charge on any atom is 0.0147 e. The van der Waals surface area contributed by atoms with Gasteiger partial charge in [0.1, 0.15) is 0 Å². The van der Waals surface area contributed by atoms with Crippen LogP contribution in [0.2, 0.25) is 0 Å². The molecule has 0 atom stereocenters. The van der Waals surface area contributed by atoms with Gasteiger partial charge in [0.15, 0.2) is 0 Å². The lowest BCUT2D eigenvalue weighted by Gasteiger charge is -2.04. The molecule has 0 aliphatic heterocycles. The molecule has 0 radical (unpaired) electrons. The Bertz CT molecular complexity index is 394. The first-order chi connectivity index (χ1) is 14.4. The van der Waals surface area contributed by atoms with Crippen LogP contribution in [0.15, 0.2) is 18.3 Å². The molecule has 170 valence electrons. The second-order valence-electron chi connectivity index (χ2n) is 9.37. The van der Waals surface area contributed by atoms with E-state index < -0.39 is 0 Å². The van der Waals surface area contributed by atoms with Crippen LogP contribution in [0.3, 0.4) is 0 Å². The molecule has 1 heterocycles. The molecule has 0 fully saturated rings. The summed E-state index contributed by atoms with van der Waals surface area (Å²) in [6.07, 6.45) is 35.4. The van der Waals surface area contributed by atoms with Crippen LogP contribution in [0.1, 0.15) is 154 Å². The van der Waals surface area contributed by atoms with E-state index in [1.165, 1.54) is 153 Å². The zero-order chi connectivity index (χ0) is 20.7. The van der Waals surface area contributed by atoms with E-state index in [4.69, 9.17) is 0 Å². The smallest absolute Gasteiger partial charge is 0.0147 e. The van der Waals surface area contributed by atoms with Gasteiger partial charge in [-0.2, -0.15) is 0 Å². The Morgan fingerprint density at radius 1 is 0.483 bits per heavy atom. The molecular formula is C28H53N. The first-order valence-electron chi connectivity index (χ1n) is 13.6. The lowest BCUT2D eigenvalue weighted by Crippen LogP contribution is -1.86. The fourth-order valence-electron chi connectivity index (χ4n) is 4.45. The van der Waals surface area contributed by atoms with Gasteiger partial charge in [0, 0.05) is 11.9 Å². The number of unbranched alkanes of at least 4 members (excludes halogenated alkanes) is 21. The molecular weight excluding hydrogens is 350 g/mol. The van der Waals surface area contributed by atoms with Crippen molar-refractivity contribution < 1.29 is 0 Å². The summed E-state index contributed by atoms with van der Waals surface area (Å²) >= 11 is 0. The van der Waals surface area contributed by atoms with Gasteiger partial charge in [-0.15, -0.1) is 0 Å². The van der Waals surface area contributed by atoms with E-state index >= 15 is 0 Å². The Kier molecular flexibility index (Phi) is 19.9. The number of aryl methyl sites for hydroxylation is 1. The van der Waals surface area contributed by atoms with Crippen molar-refractivity contribution in [3.05, 3.63) is 24.0 Å². The summed E-state index contributed by atoms with van der Waals surface area (Å²) in [5.74, 6) is 0. The lowest BCUT2D eigenvalue weighted by molar-refractivity contribution is 0.519. The van der Waals surface area contributed by atoms with Crippen molar-refractivity contribution in [3.8, 4) is 0 Å². The molecule has 0 aromatic carbocycles. The predicted molar refractivity (Wildman–Crippen MR) is 132 cm³/mol. The van der Waals surface area contributed by atoms with Gasteiger partial charge in [0.25, 0.3) is 0 Å². The molecule has 1 N–H and O–H groups in total. The molecule has 1 heteroatoms. The van der Waals surface area contributed by atoms with Crippen LogP contribution in [0.5, 0.6) is 0 Å². The lowest BCUT2D eigenvalue weighted by atomic mass is 10.0. The molecule has 0 saturated carbocycles. The average molecular weight is 404 g/mol. The summed E-state index contributed by atoms with van der Waals surface area (Å²) in [5.41, 5.74) is 1.40. The van der Waals surface area contributed by atoms with Crippen LogP contribution in [0.25, 0.3) is 0 Å². The molecule has 0 bridgehead atoms. The van der Waals surface area contributed by atoms with Crippen molar-refractivity contribution in [3.63, 3.8) is 0 Å². The second-order valence-corrected chi connectivity index (χ2v) is 9.37. The van der Waals surface area contributed by atoms with Gasteiger partial charge in [-0.1, -0.05) is 142 Å². The van der Waals surface area contributed by atoms with Gasteiger partial charge in [0.05, 0.1) is 0 Å². The summed E-state index contributed by atoms with van der Waals surface area (Å²) in [4.78, 5) is 3.30. The largest absolute Gasteiger partial charge is 0.365 e. The van der Waals surface area contributed by atoms with E-state index in [2.05, 4.69) is 24.0 Å². The molecule has 0 saturated heterocycles. The monoisotopic (exact) mass is 403 g/mol. The molecule has 29 heavy (non-hydrogen) atoms. The zero-order valence-electron chi connectivity index (χ0n) is 20.0. The number of aromatic amines is 1. The van der Waals surface area contributed by atoms with Crippen molar-refractivity contribution in [2.24, 2.45) is 0 Å². The van der Waals surface area contributed by atoms with E-state index in [0.29, 0.717) is 0 Å². The molecule has 1 aromatic heterocycles. The fourth-order valence-corrected chi connectivity index (χ4v) is 4.45. The Labute approximate surface area is 183 Å². The van der Waals surface area contributed by atoms with Gasteiger partial charge in [-0.3, -0.25) is 0 Å². The highest BCUT2D eigenvalue weighted by Crippen LogP contribution is 2.15. The number of H-pyrrole nitrogens is 1. The van der Waals surface area contributed by atoms with Crippen molar-refractivity contribution in [1.29, 1.82) is 0 Å². The average Bonchev–Trinajstić information content (AvgIpc) is 3.25. The highest BCUT2D eigenvalue weighted by atomic mass is 14.7. The number of rotatable bonds is 23. The Morgan fingerprint density at radius 2 is 0.828 bits per heavy atom. The molecule has 0 aliphatic carbocycles. The van der Waals surface area contributed by atoms with Crippen molar-refractivity contribution >= 4 is 0 Å². The van der Waals surface area contributed by atoms with Gasteiger partial charge in [0.2, 0.25) is 0 Å². The standard InChI is InChI=1S/C28H53N/c1-2-3-4-5-6-7-8-9-10-11-12-13-14-15-16-17-18-19-20-21-22-23-25-28-26-24-27-29-28/h24,26-27,29H,2-23,25H2,1H3. The Morgan fingerprint density at radius 3 is 1.14 bits per heavy atom. The van der Waals surface area contributed by atoms with Gasteiger partial charge in [-0.25, -0.2) is 0 Å². The first-order valence-corrected chi connectivity index (χ1v) is 13.6. The summed E-state index contributed by atoms with van der Waals surface area (Å²) in [7, 11) is 0. The normalized spacial score (nSPS) is 11.3. The highest BCUT2D eigenvalue weighted by Gasteiger charge is 1.96. The first kappa shape index (κ1) is 26.3. The number of nitrogens with one attached hydrogen (secondary N) is 1. The molecule has 0 amide bonds. The quantitative estimate of drug-likeness (QED) is 0.175. The predicted octanol–water partition coefficient (Wildman–Crippen LogP) is 10.2. The van der Waals surface area contributed by atoms with Crippen molar-refractivity contribution in [2.75, 3.05) is 0 Å². The fraction of sp³-hybridized carbons (Fsp3) is 0.857. The third-order valence-electron chi connectivity index (χ3n) is 6.46. The van der Waals surface area contributed by atoms with Crippen LogP contribution >= 0.6 is 0 Å². The second kappa shape index (κ2) is 22.0. The molecule has 1 rings (SSSR count). The zero-order valence-corrected chi connectivity index (χ0v) is 20.0. The van der Waals surface area contributed by atoms with E-state index in [-0.39, 0.29) is 0 Å². The highest BCUT2D eigenvalue weighted by molar-refractivity contribution is 5.03. The molecule has 1 nitrogen and oxygen atoms in total. The van der Waals surface area contributed by atoms with Crippen LogP contribution in [-0.4, -0.2) is 4.98 Å². The van der Waals surface area contributed by atoms with Gasteiger partial charge < -0.3 is 4.98 Å². The van der Waals surface area contributed by atoms with Gasteiger partial charge >= 0.3 is 0 Å². The topological polar surface area (TPSA) is 15.8 Å². The van der Waals surface area contributed by atoms with E-state index in [0.717, 1.165) is 0 Å². The van der Waals surface area contributed by atoms with E-state index in [1.54, 1.807) is 0 Å². The minimum absolute atomic E-state index is 1.23. The number of hydrogen-bond donors (Lipinski definition) is 1. The Hall–Kier alpha value is -0.720. The molecule has 0 spiro atoms. The minimum Gasteiger partial charge on any atom is -0.365 e. The summed E-state index contributed by atoms with van der Waals surface area (Å²) in [6.45, 7) is 2.30. The maximum absolute atomic E-state index is 3.30. The van der Waals surface area contributed by atoms with E-state index in [9.17, 15) is 0 Å².